The minimum Gasteiger partial charge on any atom is -0.379 e. The molecule has 8 heteroatoms. The summed E-state index contributed by atoms with van der Waals surface area (Å²) in [6.45, 7) is 5.99. The van der Waals surface area contributed by atoms with E-state index in [0.717, 1.165) is 16.4 Å². The molecule has 0 aliphatic carbocycles. The fourth-order valence-corrected chi connectivity index (χ4v) is 4.52. The lowest BCUT2D eigenvalue weighted by Gasteiger charge is -2.26. The molecule has 2 heterocycles. The third-order valence-corrected chi connectivity index (χ3v) is 6.37. The minimum atomic E-state index is -3.46. The lowest BCUT2D eigenvalue weighted by molar-refractivity contribution is 0.0730. The van der Waals surface area contributed by atoms with Gasteiger partial charge in [0, 0.05) is 30.6 Å². The summed E-state index contributed by atoms with van der Waals surface area (Å²) in [7, 11) is -3.46. The first-order valence-corrected chi connectivity index (χ1v) is 9.92. The number of nitrogens with zero attached hydrogens (tertiary/aromatic N) is 2. The van der Waals surface area contributed by atoms with E-state index in [1.54, 1.807) is 30.3 Å². The van der Waals surface area contributed by atoms with Gasteiger partial charge in [0.2, 0.25) is 10.0 Å². The maximum atomic E-state index is 12.6. The largest absolute Gasteiger partial charge is 0.379 e. The van der Waals surface area contributed by atoms with E-state index >= 15 is 0 Å². The molecule has 2 aromatic rings. The number of ether oxygens (including phenoxy) is 1. The average molecular weight is 365 g/mol. The van der Waals surface area contributed by atoms with Gasteiger partial charge in [0.15, 0.2) is 5.13 Å². The molecule has 128 valence electrons. The Labute approximate surface area is 145 Å². The molecule has 3 rings (SSSR count). The number of hydrogen-bond donors (Lipinski definition) is 1. The first-order valence-electron chi connectivity index (χ1n) is 7.60. The number of hydrogen-bond acceptors (Lipinski definition) is 6. The number of morpholine rings is 1. The zero-order valence-electron chi connectivity index (χ0n) is 13.1. The Morgan fingerprint density at radius 2 is 2.00 bits per heavy atom. The van der Waals surface area contributed by atoms with Gasteiger partial charge in [0.1, 0.15) is 0 Å². The minimum absolute atomic E-state index is 0.299. The number of nitrogens with one attached hydrogen (secondary N) is 1. The van der Waals surface area contributed by atoms with Crippen molar-refractivity contribution < 1.29 is 13.2 Å². The van der Waals surface area contributed by atoms with Gasteiger partial charge in [-0.15, -0.1) is 17.9 Å². The number of thiazole rings is 1. The number of aromatic nitrogens is 1. The van der Waals surface area contributed by atoms with Crippen molar-refractivity contribution in [1.82, 2.24) is 9.29 Å². The summed E-state index contributed by atoms with van der Waals surface area (Å²) in [6.07, 6.45) is 1.77. The quantitative estimate of drug-likeness (QED) is 0.796. The second-order valence-electron chi connectivity index (χ2n) is 5.25. The summed E-state index contributed by atoms with van der Waals surface area (Å²) >= 11 is 1.51. The Morgan fingerprint density at radius 1 is 1.29 bits per heavy atom. The molecule has 1 N–H and O–H groups in total. The molecule has 0 saturated carbocycles. The van der Waals surface area contributed by atoms with Crippen molar-refractivity contribution >= 4 is 26.5 Å². The van der Waals surface area contributed by atoms with E-state index in [4.69, 9.17) is 4.74 Å². The van der Waals surface area contributed by atoms with Crippen LogP contribution >= 0.6 is 11.3 Å². The molecule has 0 amide bonds. The van der Waals surface area contributed by atoms with E-state index in [0.29, 0.717) is 37.7 Å². The summed E-state index contributed by atoms with van der Waals surface area (Å²) in [5.41, 5.74) is 1.71. The molecule has 6 nitrogen and oxygen atoms in total. The van der Waals surface area contributed by atoms with Crippen LogP contribution in [-0.4, -0.2) is 50.6 Å². The summed E-state index contributed by atoms with van der Waals surface area (Å²) in [5.74, 6) is 0. The third kappa shape index (κ3) is 3.67. The van der Waals surface area contributed by atoms with Gasteiger partial charge in [-0.25, -0.2) is 13.4 Å². The molecule has 0 radical (unpaired) electrons. The third-order valence-electron chi connectivity index (χ3n) is 3.66. The zero-order valence-corrected chi connectivity index (χ0v) is 14.8. The van der Waals surface area contributed by atoms with Crippen LogP contribution in [0.15, 0.2) is 47.2 Å². The van der Waals surface area contributed by atoms with Gasteiger partial charge in [-0.2, -0.15) is 4.31 Å². The molecule has 1 aromatic carbocycles. The van der Waals surface area contributed by atoms with Crippen molar-refractivity contribution in [2.24, 2.45) is 0 Å². The van der Waals surface area contributed by atoms with Crippen molar-refractivity contribution in [2.75, 3.05) is 38.2 Å². The van der Waals surface area contributed by atoms with Crippen LogP contribution in [0, 0.1) is 0 Å². The Balaban J connectivity index is 1.77. The van der Waals surface area contributed by atoms with Crippen molar-refractivity contribution in [3.8, 4) is 11.3 Å². The molecule has 0 spiro atoms. The van der Waals surface area contributed by atoms with E-state index in [2.05, 4.69) is 16.9 Å². The number of anilines is 1. The molecular weight excluding hydrogens is 346 g/mol. The Bertz CT molecular complexity index is 794. The molecule has 0 atom stereocenters. The molecule has 1 fully saturated rings. The average Bonchev–Trinajstić information content (AvgIpc) is 3.10. The van der Waals surface area contributed by atoms with Gasteiger partial charge in [-0.3, -0.25) is 0 Å². The number of benzene rings is 1. The lowest BCUT2D eigenvalue weighted by atomic mass is 10.2. The molecule has 0 bridgehead atoms. The van der Waals surface area contributed by atoms with Crippen molar-refractivity contribution in [1.29, 1.82) is 0 Å². The van der Waals surface area contributed by atoms with E-state index in [1.165, 1.54) is 15.6 Å². The highest BCUT2D eigenvalue weighted by Crippen LogP contribution is 2.26. The van der Waals surface area contributed by atoms with Gasteiger partial charge in [-0.1, -0.05) is 18.2 Å². The summed E-state index contributed by atoms with van der Waals surface area (Å²) < 4.78 is 31.9. The lowest BCUT2D eigenvalue weighted by Crippen LogP contribution is -2.40. The Kier molecular flexibility index (Phi) is 5.30. The van der Waals surface area contributed by atoms with Crippen LogP contribution in [0.1, 0.15) is 0 Å². The SMILES string of the molecule is C=CCNc1nc(-c2ccc(S(=O)(=O)N3CCOCC3)cc2)cs1. The van der Waals surface area contributed by atoms with Crippen LogP contribution in [0.5, 0.6) is 0 Å². The first-order chi connectivity index (χ1) is 11.6. The first kappa shape index (κ1) is 17.1. The molecule has 0 unspecified atom stereocenters. The van der Waals surface area contributed by atoms with Gasteiger partial charge >= 0.3 is 0 Å². The van der Waals surface area contributed by atoms with Gasteiger partial charge < -0.3 is 10.1 Å². The monoisotopic (exact) mass is 365 g/mol. The van der Waals surface area contributed by atoms with Crippen LogP contribution in [0.2, 0.25) is 0 Å². The standard InChI is InChI=1S/C16H19N3O3S2/c1-2-7-17-16-18-15(12-23-16)13-3-5-14(6-4-13)24(20,21)19-8-10-22-11-9-19/h2-6,12H,1,7-11H2,(H,17,18). The maximum absolute atomic E-state index is 12.6. The van der Waals surface area contributed by atoms with Gasteiger partial charge in [0.25, 0.3) is 0 Å². The van der Waals surface area contributed by atoms with Gasteiger partial charge in [0.05, 0.1) is 23.8 Å². The summed E-state index contributed by atoms with van der Waals surface area (Å²) in [5, 5.41) is 5.89. The Morgan fingerprint density at radius 3 is 2.67 bits per heavy atom. The Hall–Kier alpha value is -1.74. The van der Waals surface area contributed by atoms with Gasteiger partial charge in [-0.05, 0) is 12.1 Å². The molecule has 1 aliphatic heterocycles. The molecule has 1 aliphatic rings. The highest BCUT2D eigenvalue weighted by molar-refractivity contribution is 7.89. The fraction of sp³-hybridized carbons (Fsp3) is 0.312. The molecular formula is C16H19N3O3S2. The van der Waals surface area contributed by atoms with Crippen LogP contribution in [0.4, 0.5) is 5.13 Å². The molecule has 1 saturated heterocycles. The smallest absolute Gasteiger partial charge is 0.243 e. The van der Waals surface area contributed by atoms with Crippen LogP contribution < -0.4 is 5.32 Å². The topological polar surface area (TPSA) is 71.5 Å². The fourth-order valence-electron chi connectivity index (χ4n) is 2.38. The zero-order chi connectivity index (χ0) is 17.0. The summed E-state index contributed by atoms with van der Waals surface area (Å²) in [4.78, 5) is 4.78. The van der Waals surface area contributed by atoms with Crippen LogP contribution in [-0.2, 0) is 14.8 Å². The van der Waals surface area contributed by atoms with Crippen LogP contribution in [0.25, 0.3) is 11.3 Å². The van der Waals surface area contributed by atoms with Crippen molar-refractivity contribution in [3.63, 3.8) is 0 Å². The predicted molar refractivity (Wildman–Crippen MR) is 95.8 cm³/mol. The van der Waals surface area contributed by atoms with E-state index in [9.17, 15) is 8.42 Å². The highest BCUT2D eigenvalue weighted by atomic mass is 32.2. The van der Waals surface area contributed by atoms with E-state index < -0.39 is 10.0 Å². The van der Waals surface area contributed by atoms with Crippen molar-refractivity contribution in [2.45, 2.75) is 4.90 Å². The second kappa shape index (κ2) is 7.43. The summed E-state index contributed by atoms with van der Waals surface area (Å²) in [6, 6.07) is 6.85. The molecule has 24 heavy (non-hydrogen) atoms. The highest BCUT2D eigenvalue weighted by Gasteiger charge is 2.26. The predicted octanol–water partition coefficient (Wildman–Crippen LogP) is 2.43. The number of rotatable bonds is 6. The second-order valence-corrected chi connectivity index (χ2v) is 8.04. The van der Waals surface area contributed by atoms with E-state index in [1.807, 2.05) is 5.38 Å². The molecule has 1 aromatic heterocycles. The normalized spacial score (nSPS) is 16.0. The number of sulfonamides is 1. The van der Waals surface area contributed by atoms with Crippen LogP contribution in [0.3, 0.4) is 0 Å². The van der Waals surface area contributed by atoms with Crippen molar-refractivity contribution in [3.05, 3.63) is 42.3 Å². The maximum Gasteiger partial charge on any atom is 0.243 e. The van der Waals surface area contributed by atoms with E-state index in [-0.39, 0.29) is 0 Å².